The van der Waals surface area contributed by atoms with E-state index in [-0.39, 0.29) is 11.5 Å². The summed E-state index contributed by atoms with van der Waals surface area (Å²) in [6.45, 7) is 6.12. The smallest absolute Gasteiger partial charge is 0.119 e. The molecule has 0 saturated carbocycles. The third kappa shape index (κ3) is 4.92. The highest BCUT2D eigenvalue weighted by Gasteiger charge is 2.03. The maximum atomic E-state index is 9.46. The van der Waals surface area contributed by atoms with Gasteiger partial charge in [0.1, 0.15) is 17.2 Å². The second kappa shape index (κ2) is 6.69. The molecule has 0 aromatic heterocycles. The van der Waals surface area contributed by atoms with Crippen molar-refractivity contribution in [2.75, 3.05) is 0 Å². The Balaban J connectivity index is 0.000000200. The fourth-order valence-electron chi connectivity index (χ4n) is 1.59. The average Bonchev–Trinajstić information content (AvgIpc) is 2.33. The summed E-state index contributed by atoms with van der Waals surface area (Å²) in [5, 5.41) is 26.8. The van der Waals surface area contributed by atoms with E-state index in [9.17, 15) is 5.11 Å². The van der Waals surface area contributed by atoms with Crippen LogP contribution in [-0.2, 0) is 0 Å². The van der Waals surface area contributed by atoms with Crippen molar-refractivity contribution in [3.8, 4) is 17.2 Å². The number of phenolic OH excluding ortho intramolecular Hbond substituents is 3. The topological polar surface area (TPSA) is 60.7 Å². The van der Waals surface area contributed by atoms with Crippen molar-refractivity contribution in [2.45, 2.75) is 26.7 Å². The van der Waals surface area contributed by atoms with Gasteiger partial charge in [-0.25, -0.2) is 0 Å². The Morgan fingerprint density at radius 1 is 0.789 bits per heavy atom. The van der Waals surface area contributed by atoms with E-state index in [2.05, 4.69) is 13.8 Å². The van der Waals surface area contributed by atoms with Gasteiger partial charge in [0, 0.05) is 0 Å². The number of aromatic hydroxyl groups is 3. The van der Waals surface area contributed by atoms with Crippen LogP contribution in [0.3, 0.4) is 0 Å². The Morgan fingerprint density at radius 2 is 1.26 bits per heavy atom. The molecule has 2 aromatic rings. The minimum Gasteiger partial charge on any atom is -0.508 e. The molecule has 0 saturated heterocycles. The second-order valence-corrected chi connectivity index (χ2v) is 4.73. The zero-order valence-electron chi connectivity index (χ0n) is 11.5. The minimum absolute atomic E-state index is 0.169. The zero-order valence-corrected chi connectivity index (χ0v) is 11.5. The van der Waals surface area contributed by atoms with Gasteiger partial charge < -0.3 is 15.3 Å². The molecule has 0 bridgehead atoms. The van der Waals surface area contributed by atoms with Crippen LogP contribution in [0.4, 0.5) is 0 Å². The number of benzene rings is 2. The lowest BCUT2D eigenvalue weighted by atomic mass is 10.0. The highest BCUT2D eigenvalue weighted by Crippen LogP contribution is 2.25. The Labute approximate surface area is 113 Å². The number of hydrogen-bond donors (Lipinski definition) is 3. The van der Waals surface area contributed by atoms with Gasteiger partial charge in [0.25, 0.3) is 0 Å². The Kier molecular flexibility index (Phi) is 5.24. The van der Waals surface area contributed by atoms with Crippen molar-refractivity contribution in [3.05, 3.63) is 53.6 Å². The molecule has 3 heteroatoms. The van der Waals surface area contributed by atoms with Crippen LogP contribution in [0.2, 0.25) is 0 Å². The van der Waals surface area contributed by atoms with E-state index in [1.807, 2.05) is 19.1 Å². The molecule has 19 heavy (non-hydrogen) atoms. The summed E-state index contributed by atoms with van der Waals surface area (Å²) >= 11 is 0. The van der Waals surface area contributed by atoms with Gasteiger partial charge in [-0.1, -0.05) is 26.0 Å². The van der Waals surface area contributed by atoms with Crippen molar-refractivity contribution in [1.82, 2.24) is 0 Å². The van der Waals surface area contributed by atoms with Crippen LogP contribution < -0.4 is 0 Å². The molecule has 0 aliphatic heterocycles. The van der Waals surface area contributed by atoms with Gasteiger partial charge in [-0.05, 0) is 54.3 Å². The first kappa shape index (κ1) is 14.9. The highest BCUT2D eigenvalue weighted by molar-refractivity contribution is 5.37. The molecule has 0 spiro atoms. The van der Waals surface area contributed by atoms with Crippen molar-refractivity contribution in [2.24, 2.45) is 0 Å². The lowest BCUT2D eigenvalue weighted by Crippen LogP contribution is -1.87. The largest absolute Gasteiger partial charge is 0.508 e. The van der Waals surface area contributed by atoms with E-state index in [0.29, 0.717) is 11.7 Å². The molecule has 102 valence electrons. The molecule has 0 aliphatic carbocycles. The molecule has 0 aliphatic rings. The molecule has 0 fully saturated rings. The van der Waals surface area contributed by atoms with Crippen LogP contribution in [0.25, 0.3) is 0 Å². The Hall–Kier alpha value is -2.16. The van der Waals surface area contributed by atoms with Gasteiger partial charge >= 0.3 is 0 Å². The number of phenols is 3. The molecule has 3 nitrogen and oxygen atoms in total. The second-order valence-electron chi connectivity index (χ2n) is 4.73. The van der Waals surface area contributed by atoms with Gasteiger partial charge in [0.2, 0.25) is 0 Å². The van der Waals surface area contributed by atoms with Crippen LogP contribution in [0.5, 0.6) is 17.2 Å². The van der Waals surface area contributed by atoms with Crippen LogP contribution in [0.1, 0.15) is 30.9 Å². The first-order valence-corrected chi connectivity index (χ1v) is 6.17. The molecule has 0 amide bonds. The summed E-state index contributed by atoms with van der Waals surface area (Å²) in [5.74, 6) is 1.15. The average molecular weight is 260 g/mol. The fourth-order valence-corrected chi connectivity index (χ4v) is 1.59. The summed E-state index contributed by atoms with van der Waals surface area (Å²) < 4.78 is 0. The summed E-state index contributed by atoms with van der Waals surface area (Å²) in [5.41, 5.74) is 2.13. The number of hydrogen-bond acceptors (Lipinski definition) is 3. The van der Waals surface area contributed by atoms with E-state index in [1.165, 1.54) is 24.3 Å². The third-order valence-electron chi connectivity index (χ3n) is 2.66. The predicted molar refractivity (Wildman–Crippen MR) is 76.7 cm³/mol. The van der Waals surface area contributed by atoms with E-state index in [1.54, 1.807) is 6.07 Å². The molecule has 0 radical (unpaired) electrons. The van der Waals surface area contributed by atoms with Crippen molar-refractivity contribution >= 4 is 0 Å². The van der Waals surface area contributed by atoms with Gasteiger partial charge in [-0.2, -0.15) is 0 Å². The molecular weight excluding hydrogens is 240 g/mol. The standard InChI is InChI=1S/C10H14O.C6H6O2/c1-7(2)9-5-4-8(3)6-10(9)11;7-5-1-2-6(8)4-3-5/h4-7,11H,1-3H3;1-4,7-8H. The first-order chi connectivity index (χ1) is 8.90. The van der Waals surface area contributed by atoms with E-state index in [4.69, 9.17) is 10.2 Å². The van der Waals surface area contributed by atoms with Crippen molar-refractivity contribution in [1.29, 1.82) is 0 Å². The normalized spacial score (nSPS) is 9.89. The van der Waals surface area contributed by atoms with Crippen LogP contribution in [-0.4, -0.2) is 15.3 Å². The van der Waals surface area contributed by atoms with Gasteiger partial charge in [-0.3, -0.25) is 0 Å². The highest BCUT2D eigenvalue weighted by atomic mass is 16.3. The lowest BCUT2D eigenvalue weighted by molar-refractivity contribution is 0.460. The van der Waals surface area contributed by atoms with Gasteiger partial charge in [0.05, 0.1) is 0 Å². The summed E-state index contributed by atoms with van der Waals surface area (Å²) in [4.78, 5) is 0. The number of rotatable bonds is 1. The van der Waals surface area contributed by atoms with Crippen LogP contribution in [0.15, 0.2) is 42.5 Å². The molecule has 0 atom stereocenters. The molecule has 2 rings (SSSR count). The predicted octanol–water partition coefficient (Wildman–Crippen LogP) is 3.92. The van der Waals surface area contributed by atoms with Gasteiger partial charge in [-0.15, -0.1) is 0 Å². The van der Waals surface area contributed by atoms with E-state index >= 15 is 0 Å². The summed E-state index contributed by atoms with van der Waals surface area (Å²) in [6, 6.07) is 11.5. The summed E-state index contributed by atoms with van der Waals surface area (Å²) in [7, 11) is 0. The van der Waals surface area contributed by atoms with Crippen molar-refractivity contribution in [3.63, 3.8) is 0 Å². The monoisotopic (exact) mass is 260 g/mol. The number of aryl methyl sites for hydroxylation is 1. The molecular formula is C16H20O3. The van der Waals surface area contributed by atoms with Crippen LogP contribution >= 0.6 is 0 Å². The quantitative estimate of drug-likeness (QED) is 0.681. The lowest BCUT2D eigenvalue weighted by Gasteiger charge is -2.07. The molecule has 0 heterocycles. The Bertz CT molecular complexity index is 495. The van der Waals surface area contributed by atoms with Crippen molar-refractivity contribution < 1.29 is 15.3 Å². The fraction of sp³-hybridized carbons (Fsp3) is 0.250. The zero-order chi connectivity index (χ0) is 14.4. The molecule has 2 aromatic carbocycles. The molecule has 0 unspecified atom stereocenters. The maximum absolute atomic E-state index is 9.46. The first-order valence-electron chi connectivity index (χ1n) is 6.17. The Morgan fingerprint density at radius 3 is 1.63 bits per heavy atom. The van der Waals surface area contributed by atoms with E-state index in [0.717, 1.165) is 11.1 Å². The molecule has 3 N–H and O–H groups in total. The maximum Gasteiger partial charge on any atom is 0.119 e. The van der Waals surface area contributed by atoms with E-state index < -0.39 is 0 Å². The summed E-state index contributed by atoms with van der Waals surface area (Å²) in [6.07, 6.45) is 0. The minimum atomic E-state index is 0.169. The van der Waals surface area contributed by atoms with Gasteiger partial charge in [0.15, 0.2) is 0 Å². The van der Waals surface area contributed by atoms with Crippen LogP contribution in [0, 0.1) is 6.92 Å². The SMILES string of the molecule is Cc1ccc(C(C)C)c(O)c1.Oc1ccc(O)cc1. The third-order valence-corrected chi connectivity index (χ3v) is 2.66.